The molecule has 0 saturated heterocycles. The molecule has 0 fully saturated rings. The Morgan fingerprint density at radius 1 is 1.44 bits per heavy atom. The van der Waals surface area contributed by atoms with Gasteiger partial charge in [0, 0.05) is 18.5 Å². The van der Waals surface area contributed by atoms with Crippen LogP contribution in [-0.2, 0) is 6.18 Å². The first-order valence-corrected chi connectivity index (χ1v) is 6.49. The highest BCUT2D eigenvalue weighted by molar-refractivity contribution is 7.98. The van der Waals surface area contributed by atoms with Crippen LogP contribution in [0.4, 0.5) is 19.1 Å². The summed E-state index contributed by atoms with van der Waals surface area (Å²) in [6.07, 6.45) is -1.64. The van der Waals surface area contributed by atoms with Crippen LogP contribution in [0.5, 0.6) is 0 Å². The van der Waals surface area contributed by atoms with Gasteiger partial charge in [-0.2, -0.15) is 24.9 Å². The molecule has 0 aliphatic heterocycles. The molecule has 2 N–H and O–H groups in total. The predicted octanol–water partition coefficient (Wildman–Crippen LogP) is 2.02. The Balaban J connectivity index is 2.69. The lowest BCUT2D eigenvalue weighted by atomic mass is 10.1. The Hall–Kier alpha value is -1.02. The molecule has 1 unspecified atom stereocenters. The van der Waals surface area contributed by atoms with E-state index in [1.54, 1.807) is 6.92 Å². The molecule has 0 aliphatic carbocycles. The van der Waals surface area contributed by atoms with Crippen LogP contribution >= 0.6 is 11.8 Å². The number of aliphatic hydroxyl groups is 1. The summed E-state index contributed by atoms with van der Waals surface area (Å²) in [6.45, 7) is 1.67. The molecule has 0 amide bonds. The number of hydrogen-bond acceptors (Lipinski definition) is 5. The highest BCUT2D eigenvalue weighted by Gasteiger charge is 2.32. The van der Waals surface area contributed by atoms with Crippen molar-refractivity contribution >= 4 is 17.7 Å². The van der Waals surface area contributed by atoms with Gasteiger partial charge in [0.1, 0.15) is 5.69 Å². The topological polar surface area (TPSA) is 58.0 Å². The predicted molar refractivity (Wildman–Crippen MR) is 64.5 cm³/mol. The Bertz CT molecular complexity index is 398. The molecule has 1 rings (SSSR count). The fourth-order valence-electron chi connectivity index (χ4n) is 1.23. The van der Waals surface area contributed by atoms with Crippen molar-refractivity contribution in [3.63, 3.8) is 0 Å². The highest BCUT2D eigenvalue weighted by Crippen LogP contribution is 2.27. The number of hydrogen-bond donors (Lipinski definition) is 2. The molecule has 0 saturated carbocycles. The smallest absolute Gasteiger partial charge is 0.387 e. The average Bonchev–Trinajstić information content (AvgIpc) is 2.26. The van der Waals surface area contributed by atoms with E-state index in [4.69, 9.17) is 0 Å². The number of rotatable bonds is 5. The van der Waals surface area contributed by atoms with Crippen LogP contribution in [-0.4, -0.2) is 39.2 Å². The van der Waals surface area contributed by atoms with Crippen molar-refractivity contribution in [1.29, 1.82) is 0 Å². The Morgan fingerprint density at radius 2 is 2.11 bits per heavy atom. The van der Waals surface area contributed by atoms with E-state index in [9.17, 15) is 18.3 Å². The highest BCUT2D eigenvalue weighted by atomic mass is 32.2. The third-order valence-electron chi connectivity index (χ3n) is 2.03. The zero-order chi connectivity index (χ0) is 13.8. The minimum Gasteiger partial charge on any atom is -0.387 e. The molecule has 0 aliphatic rings. The van der Waals surface area contributed by atoms with Gasteiger partial charge in [0.15, 0.2) is 0 Å². The third kappa shape index (κ3) is 4.69. The van der Waals surface area contributed by atoms with Gasteiger partial charge in [-0.25, -0.2) is 9.97 Å². The maximum absolute atomic E-state index is 12.4. The molecule has 1 atom stereocenters. The van der Waals surface area contributed by atoms with Crippen LogP contribution in [0.2, 0.25) is 0 Å². The van der Waals surface area contributed by atoms with Crippen LogP contribution in [0.3, 0.4) is 0 Å². The Kier molecular flexibility index (Phi) is 4.80. The van der Waals surface area contributed by atoms with Gasteiger partial charge in [-0.3, -0.25) is 0 Å². The SMILES string of the molecule is CSCC(C)(O)CNc1nccc(C(F)(F)F)n1. The van der Waals surface area contributed by atoms with E-state index >= 15 is 0 Å². The Morgan fingerprint density at radius 3 is 2.67 bits per heavy atom. The first kappa shape index (κ1) is 15.0. The van der Waals surface area contributed by atoms with Crippen LogP contribution in [0.1, 0.15) is 12.6 Å². The van der Waals surface area contributed by atoms with E-state index in [1.807, 2.05) is 6.26 Å². The fourth-order valence-corrected chi connectivity index (χ4v) is 1.96. The zero-order valence-electron chi connectivity index (χ0n) is 9.95. The number of thioether (sulfide) groups is 1. The van der Waals surface area contributed by atoms with E-state index < -0.39 is 17.5 Å². The van der Waals surface area contributed by atoms with E-state index in [0.29, 0.717) is 5.75 Å². The van der Waals surface area contributed by atoms with Crippen molar-refractivity contribution in [3.05, 3.63) is 18.0 Å². The average molecular weight is 281 g/mol. The van der Waals surface area contributed by atoms with Crippen molar-refractivity contribution in [3.8, 4) is 0 Å². The minimum atomic E-state index is -4.50. The molecule has 0 aromatic carbocycles. The summed E-state index contributed by atoms with van der Waals surface area (Å²) in [7, 11) is 0. The van der Waals surface area contributed by atoms with Gasteiger partial charge in [-0.05, 0) is 19.2 Å². The van der Waals surface area contributed by atoms with Crippen molar-refractivity contribution in [2.75, 3.05) is 23.9 Å². The van der Waals surface area contributed by atoms with Crippen molar-refractivity contribution in [1.82, 2.24) is 9.97 Å². The molecule has 102 valence electrons. The quantitative estimate of drug-likeness (QED) is 0.864. The van der Waals surface area contributed by atoms with E-state index in [1.165, 1.54) is 11.8 Å². The summed E-state index contributed by atoms with van der Waals surface area (Å²) in [5.41, 5.74) is -2.04. The second-order valence-electron chi connectivity index (χ2n) is 4.05. The first-order valence-electron chi connectivity index (χ1n) is 5.10. The molecule has 0 radical (unpaired) electrons. The van der Waals surface area contributed by atoms with E-state index in [2.05, 4.69) is 15.3 Å². The first-order chi connectivity index (χ1) is 8.24. The van der Waals surface area contributed by atoms with Crippen LogP contribution < -0.4 is 5.32 Å². The molecule has 0 bridgehead atoms. The third-order valence-corrected chi connectivity index (χ3v) is 2.94. The summed E-state index contributed by atoms with van der Waals surface area (Å²) < 4.78 is 37.2. The van der Waals surface area contributed by atoms with Gasteiger partial charge < -0.3 is 10.4 Å². The molecular formula is C10H14F3N3OS. The second kappa shape index (κ2) is 5.75. The number of halogens is 3. The molecule has 4 nitrogen and oxygen atoms in total. The number of alkyl halides is 3. The van der Waals surface area contributed by atoms with Gasteiger partial charge >= 0.3 is 6.18 Å². The second-order valence-corrected chi connectivity index (χ2v) is 4.91. The molecule has 1 aromatic rings. The zero-order valence-corrected chi connectivity index (χ0v) is 10.8. The molecular weight excluding hydrogens is 267 g/mol. The lowest BCUT2D eigenvalue weighted by Gasteiger charge is -2.22. The largest absolute Gasteiger partial charge is 0.433 e. The Labute approximate surface area is 107 Å². The van der Waals surface area contributed by atoms with Crippen molar-refractivity contribution in [2.24, 2.45) is 0 Å². The summed E-state index contributed by atoms with van der Waals surface area (Å²) in [6, 6.07) is 0.797. The molecule has 0 spiro atoms. The van der Waals surface area contributed by atoms with E-state index in [0.717, 1.165) is 12.3 Å². The van der Waals surface area contributed by atoms with Crippen LogP contribution in [0.25, 0.3) is 0 Å². The molecule has 18 heavy (non-hydrogen) atoms. The molecule has 8 heteroatoms. The van der Waals surface area contributed by atoms with E-state index in [-0.39, 0.29) is 12.5 Å². The lowest BCUT2D eigenvalue weighted by molar-refractivity contribution is -0.141. The maximum Gasteiger partial charge on any atom is 0.433 e. The maximum atomic E-state index is 12.4. The summed E-state index contributed by atoms with van der Waals surface area (Å²) in [5.74, 6) is 0.310. The number of nitrogens with zero attached hydrogens (tertiary/aromatic N) is 2. The fraction of sp³-hybridized carbons (Fsp3) is 0.600. The monoisotopic (exact) mass is 281 g/mol. The molecule has 1 aromatic heterocycles. The summed E-state index contributed by atoms with van der Waals surface area (Å²) in [5, 5.41) is 12.4. The summed E-state index contributed by atoms with van der Waals surface area (Å²) in [4.78, 5) is 7.02. The van der Waals surface area contributed by atoms with Crippen molar-refractivity contribution in [2.45, 2.75) is 18.7 Å². The van der Waals surface area contributed by atoms with Crippen LogP contribution in [0.15, 0.2) is 12.3 Å². The number of aromatic nitrogens is 2. The minimum absolute atomic E-state index is 0.0785. The van der Waals surface area contributed by atoms with Gasteiger partial charge in [-0.15, -0.1) is 0 Å². The van der Waals surface area contributed by atoms with Crippen LogP contribution in [0, 0.1) is 0 Å². The standard InChI is InChI=1S/C10H14F3N3OS/c1-9(17,6-18-2)5-15-8-14-4-3-7(16-8)10(11,12)13/h3-4,17H,5-6H2,1-2H3,(H,14,15,16). The van der Waals surface area contributed by atoms with Gasteiger partial charge in [0.2, 0.25) is 5.95 Å². The summed E-state index contributed by atoms with van der Waals surface area (Å²) >= 11 is 1.44. The number of nitrogens with one attached hydrogen (secondary N) is 1. The normalized spacial score (nSPS) is 15.2. The lowest BCUT2D eigenvalue weighted by Crippen LogP contribution is -2.36. The van der Waals surface area contributed by atoms with Gasteiger partial charge in [0.25, 0.3) is 0 Å². The molecule has 1 heterocycles. The van der Waals surface area contributed by atoms with Crippen molar-refractivity contribution < 1.29 is 18.3 Å². The van der Waals surface area contributed by atoms with Gasteiger partial charge in [0.05, 0.1) is 5.60 Å². The van der Waals surface area contributed by atoms with Gasteiger partial charge in [-0.1, -0.05) is 0 Å². The number of anilines is 1.